The summed E-state index contributed by atoms with van der Waals surface area (Å²) in [6.45, 7) is 0.414. The summed E-state index contributed by atoms with van der Waals surface area (Å²) < 4.78 is 0. The molecule has 0 amide bonds. The van der Waals surface area contributed by atoms with Gasteiger partial charge in [0.15, 0.2) is 0 Å². The second-order valence-corrected chi connectivity index (χ2v) is 4.17. The fourth-order valence-electron chi connectivity index (χ4n) is 2.61. The Balaban J connectivity index is 1.87. The highest BCUT2D eigenvalue weighted by Crippen LogP contribution is 2.45. The Hall–Kier alpha value is -0.340. The molecule has 1 fully saturated rings. The maximum absolute atomic E-state index is 9.40. The predicted octanol–water partition coefficient (Wildman–Crippen LogP) is 0.908. The van der Waals surface area contributed by atoms with Crippen molar-refractivity contribution in [2.75, 3.05) is 6.54 Å². The van der Waals surface area contributed by atoms with Gasteiger partial charge in [-0.15, -0.1) is 0 Å². The lowest BCUT2D eigenvalue weighted by Crippen LogP contribution is -2.24. The highest BCUT2D eigenvalue weighted by atomic mass is 16.3. The van der Waals surface area contributed by atoms with Gasteiger partial charge >= 0.3 is 0 Å². The zero-order valence-electron chi connectivity index (χ0n) is 7.32. The molecule has 3 N–H and O–H groups in total. The molecule has 2 rings (SSSR count). The molecule has 68 valence electrons. The molecule has 2 heteroatoms. The largest absolute Gasteiger partial charge is 0.392 e. The van der Waals surface area contributed by atoms with Gasteiger partial charge in [0.05, 0.1) is 6.10 Å². The minimum Gasteiger partial charge on any atom is -0.392 e. The Morgan fingerprint density at radius 3 is 2.75 bits per heavy atom. The number of nitrogens with two attached hydrogens (primary N) is 1. The average Bonchev–Trinajstić information content (AvgIpc) is 2.64. The van der Waals surface area contributed by atoms with Gasteiger partial charge < -0.3 is 10.8 Å². The Labute approximate surface area is 73.5 Å². The maximum atomic E-state index is 9.40. The third-order valence-corrected chi connectivity index (χ3v) is 3.26. The van der Waals surface area contributed by atoms with Gasteiger partial charge in [-0.25, -0.2) is 0 Å². The summed E-state index contributed by atoms with van der Waals surface area (Å²) in [6, 6.07) is 0. The lowest BCUT2D eigenvalue weighted by Gasteiger charge is -2.20. The van der Waals surface area contributed by atoms with E-state index in [1.54, 1.807) is 0 Å². The van der Waals surface area contributed by atoms with Crippen LogP contribution in [0.3, 0.4) is 0 Å². The van der Waals surface area contributed by atoms with Gasteiger partial charge in [0, 0.05) is 6.54 Å². The lowest BCUT2D eigenvalue weighted by atomic mass is 9.88. The first kappa shape index (κ1) is 8.27. The Bertz CT molecular complexity index is 190. The van der Waals surface area contributed by atoms with Crippen molar-refractivity contribution in [3.8, 4) is 0 Å². The smallest absolute Gasteiger partial charge is 0.0665 e. The van der Waals surface area contributed by atoms with Crippen molar-refractivity contribution < 1.29 is 5.11 Å². The normalized spacial score (nSPS) is 40.7. The number of allylic oxidation sites excluding steroid dienone is 2. The summed E-state index contributed by atoms with van der Waals surface area (Å²) in [4.78, 5) is 0. The van der Waals surface area contributed by atoms with Crippen LogP contribution in [-0.2, 0) is 0 Å². The van der Waals surface area contributed by atoms with Gasteiger partial charge in [-0.1, -0.05) is 12.2 Å². The van der Waals surface area contributed by atoms with E-state index in [-0.39, 0.29) is 6.10 Å². The predicted molar refractivity (Wildman–Crippen MR) is 48.5 cm³/mol. The highest BCUT2D eigenvalue weighted by molar-refractivity contribution is 5.10. The fourth-order valence-corrected chi connectivity index (χ4v) is 2.61. The first-order valence-electron chi connectivity index (χ1n) is 4.86. The summed E-state index contributed by atoms with van der Waals surface area (Å²) in [5.41, 5.74) is 5.38. The topological polar surface area (TPSA) is 46.2 Å². The standard InChI is InChI=1S/C10H17NO/c11-6-10(12)5-9-4-7-1-2-8(9)3-7/h1-2,7-10,12H,3-6,11H2. The van der Waals surface area contributed by atoms with E-state index in [2.05, 4.69) is 12.2 Å². The van der Waals surface area contributed by atoms with E-state index >= 15 is 0 Å². The highest BCUT2D eigenvalue weighted by Gasteiger charge is 2.35. The van der Waals surface area contributed by atoms with Crippen LogP contribution in [0.5, 0.6) is 0 Å². The molecule has 2 aliphatic rings. The van der Waals surface area contributed by atoms with Crippen molar-refractivity contribution >= 4 is 0 Å². The van der Waals surface area contributed by atoms with Crippen LogP contribution in [0.4, 0.5) is 0 Å². The molecule has 0 aliphatic heterocycles. The van der Waals surface area contributed by atoms with Crippen molar-refractivity contribution in [2.45, 2.75) is 25.4 Å². The molecule has 0 saturated heterocycles. The van der Waals surface area contributed by atoms with Gasteiger partial charge in [-0.2, -0.15) is 0 Å². The number of aliphatic hydroxyl groups excluding tert-OH is 1. The van der Waals surface area contributed by atoms with Gasteiger partial charge in [0.25, 0.3) is 0 Å². The van der Waals surface area contributed by atoms with Crippen molar-refractivity contribution in [2.24, 2.45) is 23.5 Å². The summed E-state index contributed by atoms with van der Waals surface area (Å²) in [6.07, 6.45) is 7.88. The minimum atomic E-state index is -0.275. The first-order valence-corrected chi connectivity index (χ1v) is 4.86. The van der Waals surface area contributed by atoms with Crippen LogP contribution in [0.15, 0.2) is 12.2 Å². The van der Waals surface area contributed by atoms with E-state index < -0.39 is 0 Å². The van der Waals surface area contributed by atoms with Crippen LogP contribution in [0.25, 0.3) is 0 Å². The Morgan fingerprint density at radius 1 is 1.42 bits per heavy atom. The Morgan fingerprint density at radius 2 is 2.25 bits per heavy atom. The molecule has 0 radical (unpaired) electrons. The molecule has 4 unspecified atom stereocenters. The molecule has 2 aliphatic carbocycles. The third kappa shape index (κ3) is 1.41. The number of fused-ring (bicyclic) bond motifs is 2. The van der Waals surface area contributed by atoms with E-state index in [9.17, 15) is 5.11 Å². The summed E-state index contributed by atoms with van der Waals surface area (Å²) in [5.74, 6) is 2.26. The quantitative estimate of drug-likeness (QED) is 0.614. The van der Waals surface area contributed by atoms with Crippen LogP contribution in [0.2, 0.25) is 0 Å². The molecule has 0 aromatic rings. The van der Waals surface area contributed by atoms with Crippen LogP contribution in [0, 0.1) is 17.8 Å². The van der Waals surface area contributed by atoms with Crippen molar-refractivity contribution in [1.29, 1.82) is 0 Å². The SMILES string of the molecule is NCC(O)CC1CC2C=CC1C2. The molecule has 4 atom stereocenters. The second kappa shape index (κ2) is 3.19. The lowest BCUT2D eigenvalue weighted by molar-refractivity contribution is 0.142. The van der Waals surface area contributed by atoms with Gasteiger partial charge in [-0.05, 0) is 37.0 Å². The summed E-state index contributed by atoms with van der Waals surface area (Å²) >= 11 is 0. The van der Waals surface area contributed by atoms with E-state index in [0.29, 0.717) is 12.5 Å². The van der Waals surface area contributed by atoms with Gasteiger partial charge in [0.1, 0.15) is 0 Å². The van der Waals surface area contributed by atoms with Crippen molar-refractivity contribution in [3.05, 3.63) is 12.2 Å². The zero-order valence-corrected chi connectivity index (χ0v) is 7.32. The molecular formula is C10H17NO. The van der Waals surface area contributed by atoms with Crippen LogP contribution < -0.4 is 5.73 Å². The van der Waals surface area contributed by atoms with E-state index in [0.717, 1.165) is 18.3 Å². The molecule has 0 spiro atoms. The molecular weight excluding hydrogens is 150 g/mol. The second-order valence-electron chi connectivity index (χ2n) is 4.17. The van der Waals surface area contributed by atoms with E-state index in [1.807, 2.05) is 0 Å². The van der Waals surface area contributed by atoms with E-state index in [1.165, 1.54) is 12.8 Å². The monoisotopic (exact) mass is 167 g/mol. The number of rotatable bonds is 3. The van der Waals surface area contributed by atoms with Crippen molar-refractivity contribution in [1.82, 2.24) is 0 Å². The molecule has 2 bridgehead atoms. The third-order valence-electron chi connectivity index (χ3n) is 3.26. The van der Waals surface area contributed by atoms with Gasteiger partial charge in [0.2, 0.25) is 0 Å². The van der Waals surface area contributed by atoms with E-state index in [4.69, 9.17) is 5.73 Å². The first-order chi connectivity index (χ1) is 5.79. The van der Waals surface area contributed by atoms with Crippen molar-refractivity contribution in [3.63, 3.8) is 0 Å². The van der Waals surface area contributed by atoms with Gasteiger partial charge in [-0.3, -0.25) is 0 Å². The molecule has 0 aromatic carbocycles. The number of aliphatic hydroxyl groups is 1. The minimum absolute atomic E-state index is 0.275. The maximum Gasteiger partial charge on any atom is 0.0665 e. The summed E-state index contributed by atoms with van der Waals surface area (Å²) in [5, 5.41) is 9.40. The molecule has 0 aromatic heterocycles. The molecule has 2 nitrogen and oxygen atoms in total. The number of hydrogen-bond donors (Lipinski definition) is 2. The fraction of sp³-hybridized carbons (Fsp3) is 0.800. The Kier molecular flexibility index (Phi) is 2.20. The number of hydrogen-bond acceptors (Lipinski definition) is 2. The molecule has 12 heavy (non-hydrogen) atoms. The van der Waals surface area contributed by atoms with Crippen LogP contribution in [0.1, 0.15) is 19.3 Å². The summed E-state index contributed by atoms with van der Waals surface area (Å²) in [7, 11) is 0. The average molecular weight is 167 g/mol. The molecule has 0 heterocycles. The molecule has 1 saturated carbocycles. The van der Waals surface area contributed by atoms with Crippen LogP contribution >= 0.6 is 0 Å². The van der Waals surface area contributed by atoms with Crippen LogP contribution in [-0.4, -0.2) is 17.8 Å². The zero-order chi connectivity index (χ0) is 8.55.